The molecule has 4 nitrogen and oxygen atoms in total. The topological polar surface area (TPSA) is 50.4 Å². The van der Waals surface area contributed by atoms with E-state index in [1.165, 1.54) is 11.1 Å². The van der Waals surface area contributed by atoms with Crippen LogP contribution in [0, 0.1) is 5.92 Å². The Bertz CT molecular complexity index is 956. The van der Waals surface area contributed by atoms with E-state index in [4.69, 9.17) is 16.3 Å². The van der Waals surface area contributed by atoms with Gasteiger partial charge in [-0.3, -0.25) is 4.79 Å². The van der Waals surface area contributed by atoms with Gasteiger partial charge >= 0.3 is 6.18 Å². The summed E-state index contributed by atoms with van der Waals surface area (Å²) in [6, 6.07) is 9.04. The molecule has 1 aliphatic heterocycles. The zero-order chi connectivity index (χ0) is 22.0. The van der Waals surface area contributed by atoms with Crippen LogP contribution in [0.2, 0.25) is 5.02 Å². The van der Waals surface area contributed by atoms with Crippen LogP contribution in [0.5, 0.6) is 0 Å². The highest BCUT2D eigenvalue weighted by atomic mass is 35.5. The molecule has 166 valence electrons. The highest BCUT2D eigenvalue weighted by molar-refractivity contribution is 6.33. The van der Waals surface area contributed by atoms with Gasteiger partial charge in [-0.05, 0) is 73.1 Å². The number of amides is 1. The molecule has 4 rings (SSSR count). The first-order valence-corrected chi connectivity index (χ1v) is 10.8. The summed E-state index contributed by atoms with van der Waals surface area (Å²) < 4.78 is 44.3. The van der Waals surface area contributed by atoms with Gasteiger partial charge in [0.2, 0.25) is 0 Å². The molecular weight excluding hydrogens is 429 g/mol. The fourth-order valence-electron chi connectivity index (χ4n) is 4.19. The monoisotopic (exact) mass is 452 g/mol. The molecule has 2 aromatic carbocycles. The zero-order valence-electron chi connectivity index (χ0n) is 16.9. The molecule has 31 heavy (non-hydrogen) atoms. The third-order valence-corrected chi connectivity index (χ3v) is 6.37. The van der Waals surface area contributed by atoms with Crippen LogP contribution in [0.1, 0.15) is 52.7 Å². The van der Waals surface area contributed by atoms with Crippen LogP contribution in [0.4, 0.5) is 18.9 Å². The van der Waals surface area contributed by atoms with Crippen LogP contribution in [0.15, 0.2) is 36.4 Å². The van der Waals surface area contributed by atoms with E-state index >= 15 is 0 Å². The quantitative estimate of drug-likeness (QED) is 0.603. The predicted molar refractivity (Wildman–Crippen MR) is 113 cm³/mol. The number of carbonyl (C=O) groups is 1. The van der Waals surface area contributed by atoms with E-state index < -0.39 is 17.6 Å². The van der Waals surface area contributed by atoms with Crippen LogP contribution in [0.3, 0.4) is 0 Å². The van der Waals surface area contributed by atoms with Crippen molar-refractivity contribution in [3.05, 3.63) is 63.7 Å². The highest BCUT2D eigenvalue weighted by Gasteiger charge is 2.32. The van der Waals surface area contributed by atoms with Gasteiger partial charge < -0.3 is 15.4 Å². The average Bonchev–Trinajstić information content (AvgIpc) is 3.20. The van der Waals surface area contributed by atoms with E-state index in [1.54, 1.807) is 0 Å². The first-order valence-electron chi connectivity index (χ1n) is 10.4. The Morgan fingerprint density at radius 3 is 2.52 bits per heavy atom. The van der Waals surface area contributed by atoms with Crippen molar-refractivity contribution in [2.75, 3.05) is 11.9 Å². The Kier molecular flexibility index (Phi) is 6.44. The summed E-state index contributed by atoms with van der Waals surface area (Å²) in [6.45, 7) is 2.18. The average molecular weight is 453 g/mol. The SMILES string of the molecule is O=C(N[C@H]1CC[C@H](CNc2ccc3c(c2)COC3)CC1)c1cc(C(F)(F)F)ccc1Cl. The van der Waals surface area contributed by atoms with Gasteiger partial charge in [0.25, 0.3) is 5.91 Å². The molecule has 0 atom stereocenters. The largest absolute Gasteiger partial charge is 0.416 e. The summed E-state index contributed by atoms with van der Waals surface area (Å²) in [5, 5.41) is 6.36. The summed E-state index contributed by atoms with van der Waals surface area (Å²) in [4.78, 5) is 12.5. The Morgan fingerprint density at radius 1 is 1.03 bits per heavy atom. The van der Waals surface area contributed by atoms with Crippen molar-refractivity contribution < 1.29 is 22.7 Å². The van der Waals surface area contributed by atoms with Gasteiger partial charge in [0, 0.05) is 18.3 Å². The molecule has 0 aromatic heterocycles. The minimum absolute atomic E-state index is 0.0168. The number of carbonyl (C=O) groups excluding carboxylic acids is 1. The molecule has 0 spiro atoms. The number of hydrogen-bond donors (Lipinski definition) is 2. The zero-order valence-corrected chi connectivity index (χ0v) is 17.7. The molecule has 0 bridgehead atoms. The summed E-state index contributed by atoms with van der Waals surface area (Å²) in [5.41, 5.74) is 2.53. The van der Waals surface area contributed by atoms with Crippen molar-refractivity contribution in [1.82, 2.24) is 5.32 Å². The number of benzene rings is 2. The van der Waals surface area contributed by atoms with Crippen molar-refractivity contribution in [3.8, 4) is 0 Å². The maximum absolute atomic E-state index is 12.9. The van der Waals surface area contributed by atoms with Crippen molar-refractivity contribution >= 4 is 23.2 Å². The molecule has 1 heterocycles. The second-order valence-corrected chi connectivity index (χ2v) is 8.65. The van der Waals surface area contributed by atoms with E-state index in [-0.39, 0.29) is 16.6 Å². The van der Waals surface area contributed by atoms with Gasteiger partial charge in [-0.1, -0.05) is 17.7 Å². The van der Waals surface area contributed by atoms with Crippen molar-refractivity contribution in [1.29, 1.82) is 0 Å². The summed E-state index contributed by atoms with van der Waals surface area (Å²) in [6.07, 6.45) is -1.08. The maximum Gasteiger partial charge on any atom is 0.416 e. The lowest BCUT2D eigenvalue weighted by molar-refractivity contribution is -0.137. The van der Waals surface area contributed by atoms with Crippen LogP contribution in [-0.2, 0) is 24.1 Å². The summed E-state index contributed by atoms with van der Waals surface area (Å²) in [5.74, 6) is -0.0761. The smallest absolute Gasteiger partial charge is 0.385 e. The molecule has 1 amide bonds. The number of halogens is 4. The van der Waals surface area contributed by atoms with Gasteiger partial charge in [-0.2, -0.15) is 13.2 Å². The molecule has 2 N–H and O–H groups in total. The first-order chi connectivity index (χ1) is 14.8. The van der Waals surface area contributed by atoms with Crippen molar-refractivity contribution in [2.24, 2.45) is 5.92 Å². The number of hydrogen-bond acceptors (Lipinski definition) is 3. The van der Waals surface area contributed by atoms with Gasteiger partial charge in [0.05, 0.1) is 29.4 Å². The minimum Gasteiger partial charge on any atom is -0.385 e. The number of fused-ring (bicyclic) bond motifs is 1. The number of anilines is 1. The van der Waals surface area contributed by atoms with Gasteiger partial charge in [0.15, 0.2) is 0 Å². The molecule has 2 aromatic rings. The second kappa shape index (κ2) is 9.09. The van der Waals surface area contributed by atoms with Crippen LogP contribution >= 0.6 is 11.6 Å². The van der Waals surface area contributed by atoms with Crippen molar-refractivity contribution in [3.63, 3.8) is 0 Å². The third-order valence-electron chi connectivity index (χ3n) is 6.04. The first kappa shape index (κ1) is 22.0. The molecule has 1 aliphatic carbocycles. The molecule has 8 heteroatoms. The van der Waals surface area contributed by atoms with E-state index in [1.807, 2.05) is 0 Å². The van der Waals surface area contributed by atoms with Crippen molar-refractivity contribution in [2.45, 2.75) is 51.1 Å². The molecular formula is C23H24ClF3N2O2. The Morgan fingerprint density at radius 2 is 1.77 bits per heavy atom. The number of alkyl halides is 3. The maximum atomic E-state index is 12.9. The van der Waals surface area contributed by atoms with Gasteiger partial charge in [-0.25, -0.2) is 0 Å². The number of rotatable bonds is 5. The van der Waals surface area contributed by atoms with E-state index in [2.05, 4.69) is 28.8 Å². The molecule has 0 saturated heterocycles. The second-order valence-electron chi connectivity index (χ2n) is 8.24. The molecule has 1 saturated carbocycles. The van der Waals surface area contributed by atoms with Crippen LogP contribution in [0.25, 0.3) is 0 Å². The summed E-state index contributed by atoms with van der Waals surface area (Å²) >= 11 is 5.97. The van der Waals surface area contributed by atoms with E-state index in [0.29, 0.717) is 19.1 Å². The summed E-state index contributed by atoms with van der Waals surface area (Å²) in [7, 11) is 0. The molecule has 2 aliphatic rings. The predicted octanol–water partition coefficient (Wildman–Crippen LogP) is 5.79. The standard InChI is InChI=1S/C23H24ClF3N2O2/c24-21-8-4-17(23(25,26)27)10-20(21)22(30)29-18-5-1-14(2-6-18)11-28-19-7-3-15-12-31-13-16(15)9-19/h3-4,7-10,14,18,28H,1-2,5-6,11-13H2,(H,29,30)/t14-,18-. The molecule has 1 fully saturated rings. The fourth-order valence-corrected chi connectivity index (χ4v) is 4.40. The van der Waals surface area contributed by atoms with Gasteiger partial charge in [0.1, 0.15) is 0 Å². The Balaban J connectivity index is 1.27. The fraction of sp³-hybridized carbons (Fsp3) is 0.435. The van der Waals surface area contributed by atoms with Crippen LogP contribution in [-0.4, -0.2) is 18.5 Å². The number of ether oxygens (including phenoxy) is 1. The highest BCUT2D eigenvalue weighted by Crippen LogP contribution is 2.32. The minimum atomic E-state index is -4.52. The Hall–Kier alpha value is -2.25. The molecule has 0 radical (unpaired) electrons. The molecule has 0 unspecified atom stereocenters. The van der Waals surface area contributed by atoms with Crippen LogP contribution < -0.4 is 10.6 Å². The lowest BCUT2D eigenvalue weighted by Crippen LogP contribution is -2.38. The number of nitrogens with one attached hydrogen (secondary N) is 2. The van der Waals surface area contributed by atoms with Gasteiger partial charge in [-0.15, -0.1) is 0 Å². The van der Waals surface area contributed by atoms with E-state index in [0.717, 1.165) is 56.1 Å². The third kappa shape index (κ3) is 5.33. The normalized spacial score (nSPS) is 20.9. The lowest BCUT2D eigenvalue weighted by atomic mass is 9.85. The van der Waals surface area contributed by atoms with E-state index in [9.17, 15) is 18.0 Å². The lowest BCUT2D eigenvalue weighted by Gasteiger charge is -2.29. The Labute approximate surface area is 184 Å².